The number of hydrogen-bond acceptors (Lipinski definition) is 5. The van der Waals surface area contributed by atoms with Gasteiger partial charge in [0.2, 0.25) is 0 Å². The Balaban J connectivity index is 1.88. The minimum absolute atomic E-state index is 0.168. The first-order valence-electron chi connectivity index (χ1n) is 7.86. The lowest BCUT2D eigenvalue weighted by Gasteiger charge is -2.22. The summed E-state index contributed by atoms with van der Waals surface area (Å²) in [5.74, 6) is 0.966. The summed E-state index contributed by atoms with van der Waals surface area (Å²) >= 11 is 1.75. The summed E-state index contributed by atoms with van der Waals surface area (Å²) < 4.78 is 5.34. The Kier molecular flexibility index (Phi) is 5.05. The van der Waals surface area contributed by atoms with Gasteiger partial charge in [-0.1, -0.05) is 39.8 Å². The summed E-state index contributed by atoms with van der Waals surface area (Å²) in [4.78, 5) is 0. The third kappa shape index (κ3) is 5.52. The van der Waals surface area contributed by atoms with E-state index in [-0.39, 0.29) is 10.8 Å². The van der Waals surface area contributed by atoms with Crippen molar-refractivity contribution >= 4 is 11.3 Å². The normalized spacial score (nSPS) is 12.8. The van der Waals surface area contributed by atoms with Crippen LogP contribution in [0.4, 0.5) is 0 Å². The summed E-state index contributed by atoms with van der Waals surface area (Å²) in [6.07, 6.45) is 3.94. The molecule has 2 heterocycles. The second-order valence-corrected chi connectivity index (χ2v) is 9.25. The number of aryl methyl sites for hydroxylation is 2. The molecule has 0 unspecified atom stereocenters. The number of nitrogens with zero attached hydrogens (tertiary/aromatic N) is 3. The molecular weight excluding hydrogens is 294 g/mol. The van der Waals surface area contributed by atoms with Gasteiger partial charge in [0.05, 0.1) is 5.69 Å². The van der Waals surface area contributed by atoms with Crippen molar-refractivity contribution in [2.75, 3.05) is 0 Å². The maximum absolute atomic E-state index is 5.34. The van der Waals surface area contributed by atoms with Crippen LogP contribution in [0.15, 0.2) is 10.6 Å². The van der Waals surface area contributed by atoms with Crippen LogP contribution in [-0.2, 0) is 19.3 Å². The Bertz CT molecular complexity index is 607. The summed E-state index contributed by atoms with van der Waals surface area (Å²) in [7, 11) is 0. The second kappa shape index (κ2) is 6.49. The van der Waals surface area contributed by atoms with E-state index in [0.717, 1.165) is 47.2 Å². The van der Waals surface area contributed by atoms with Crippen molar-refractivity contribution in [3.8, 4) is 0 Å². The minimum Gasteiger partial charge on any atom is -0.361 e. The zero-order chi connectivity index (χ0) is 16.4. The van der Waals surface area contributed by atoms with Gasteiger partial charge in [0, 0.05) is 25.3 Å². The Morgan fingerprint density at radius 3 is 2.32 bits per heavy atom. The van der Waals surface area contributed by atoms with E-state index in [9.17, 15) is 0 Å². The highest BCUT2D eigenvalue weighted by atomic mass is 32.1. The largest absolute Gasteiger partial charge is 0.361 e. The zero-order valence-corrected chi connectivity index (χ0v) is 15.4. The average Bonchev–Trinajstić information content (AvgIpc) is 2.94. The van der Waals surface area contributed by atoms with Crippen LogP contribution in [0.2, 0.25) is 0 Å². The molecule has 0 fully saturated rings. The van der Waals surface area contributed by atoms with E-state index in [1.807, 2.05) is 13.0 Å². The van der Waals surface area contributed by atoms with E-state index in [1.165, 1.54) is 0 Å². The molecule has 0 aliphatic heterocycles. The topological polar surface area (TPSA) is 51.8 Å². The van der Waals surface area contributed by atoms with Crippen LogP contribution in [0, 0.1) is 17.8 Å². The highest BCUT2D eigenvalue weighted by Crippen LogP contribution is 2.29. The van der Waals surface area contributed by atoms with Crippen molar-refractivity contribution < 1.29 is 4.52 Å². The van der Waals surface area contributed by atoms with Gasteiger partial charge in [-0.2, -0.15) is 0 Å². The highest BCUT2D eigenvalue weighted by molar-refractivity contribution is 7.11. The van der Waals surface area contributed by atoms with E-state index >= 15 is 0 Å². The summed E-state index contributed by atoms with van der Waals surface area (Å²) in [6.45, 7) is 13.2. The van der Waals surface area contributed by atoms with Gasteiger partial charge >= 0.3 is 0 Å². The molecule has 22 heavy (non-hydrogen) atoms. The van der Waals surface area contributed by atoms with Crippen molar-refractivity contribution in [1.82, 2.24) is 15.4 Å². The van der Waals surface area contributed by atoms with Crippen molar-refractivity contribution in [2.24, 2.45) is 10.8 Å². The fourth-order valence-corrected chi connectivity index (χ4v) is 3.56. The van der Waals surface area contributed by atoms with Crippen molar-refractivity contribution in [2.45, 2.75) is 67.2 Å². The molecule has 0 atom stereocenters. The van der Waals surface area contributed by atoms with Gasteiger partial charge in [-0.15, -0.1) is 21.5 Å². The third-order valence-corrected chi connectivity index (χ3v) is 4.52. The van der Waals surface area contributed by atoms with Crippen molar-refractivity contribution in [1.29, 1.82) is 0 Å². The lowest BCUT2D eigenvalue weighted by atomic mass is 9.83. The first-order chi connectivity index (χ1) is 10.1. The van der Waals surface area contributed by atoms with Gasteiger partial charge in [-0.25, -0.2) is 0 Å². The van der Waals surface area contributed by atoms with Crippen LogP contribution in [0.3, 0.4) is 0 Å². The zero-order valence-electron chi connectivity index (χ0n) is 14.6. The Hall–Kier alpha value is -1.23. The smallest absolute Gasteiger partial charge is 0.137 e. The van der Waals surface area contributed by atoms with Gasteiger partial charge in [0.25, 0.3) is 0 Å². The Labute approximate surface area is 137 Å². The molecule has 0 saturated carbocycles. The summed E-state index contributed by atoms with van der Waals surface area (Å²) in [5.41, 5.74) is 1.38. The monoisotopic (exact) mass is 321 g/mol. The van der Waals surface area contributed by atoms with Crippen LogP contribution >= 0.6 is 11.3 Å². The van der Waals surface area contributed by atoms with Crippen LogP contribution in [0.5, 0.6) is 0 Å². The van der Waals surface area contributed by atoms with Gasteiger partial charge in [0.1, 0.15) is 15.8 Å². The quantitative estimate of drug-likeness (QED) is 0.778. The Morgan fingerprint density at radius 1 is 1.05 bits per heavy atom. The lowest BCUT2D eigenvalue weighted by molar-refractivity contribution is 0.281. The van der Waals surface area contributed by atoms with E-state index in [1.54, 1.807) is 11.3 Å². The molecule has 0 saturated heterocycles. The second-order valence-electron chi connectivity index (χ2n) is 8.10. The average molecular weight is 321 g/mol. The summed E-state index contributed by atoms with van der Waals surface area (Å²) in [5, 5.41) is 14.9. The van der Waals surface area contributed by atoms with Crippen LogP contribution in [-0.4, -0.2) is 15.4 Å². The van der Waals surface area contributed by atoms with Gasteiger partial charge < -0.3 is 4.52 Å². The first kappa shape index (κ1) is 17.1. The molecule has 122 valence electrons. The fraction of sp³-hybridized carbons (Fsp3) is 0.706. The molecule has 4 nitrogen and oxygen atoms in total. The predicted molar refractivity (Wildman–Crippen MR) is 90.1 cm³/mol. The number of aromatic nitrogens is 3. The molecule has 0 aromatic carbocycles. The van der Waals surface area contributed by atoms with Crippen LogP contribution < -0.4 is 0 Å². The maximum Gasteiger partial charge on any atom is 0.137 e. The van der Waals surface area contributed by atoms with E-state index in [4.69, 9.17) is 4.52 Å². The van der Waals surface area contributed by atoms with Gasteiger partial charge in [0.15, 0.2) is 0 Å². The molecule has 5 heteroatoms. The molecule has 0 radical (unpaired) electrons. The maximum atomic E-state index is 5.34. The van der Waals surface area contributed by atoms with Crippen molar-refractivity contribution in [3.05, 3.63) is 27.5 Å². The molecule has 2 aromatic rings. The minimum atomic E-state index is 0.168. The third-order valence-electron chi connectivity index (χ3n) is 3.54. The van der Waals surface area contributed by atoms with E-state index < -0.39 is 0 Å². The molecule has 2 rings (SSSR count). The number of rotatable bonds is 6. The molecule has 0 aliphatic carbocycles. The molecule has 0 spiro atoms. The SMILES string of the molecule is Cc1cc(CC(C)(C)CCc2nnc(CC(C)(C)C)s2)on1. The van der Waals surface area contributed by atoms with Gasteiger partial charge in [-0.3, -0.25) is 0 Å². The highest BCUT2D eigenvalue weighted by Gasteiger charge is 2.22. The Morgan fingerprint density at radius 2 is 1.73 bits per heavy atom. The van der Waals surface area contributed by atoms with E-state index in [0.29, 0.717) is 0 Å². The van der Waals surface area contributed by atoms with Crippen molar-refractivity contribution in [3.63, 3.8) is 0 Å². The molecule has 0 bridgehead atoms. The first-order valence-corrected chi connectivity index (χ1v) is 8.68. The molecule has 2 aromatic heterocycles. The molecule has 0 amide bonds. The standard InChI is InChI=1S/C17H27N3OS/c1-12-9-13(21-20-12)10-17(5,6)8-7-14-18-19-15(22-14)11-16(2,3)4/h9H,7-8,10-11H2,1-6H3. The van der Waals surface area contributed by atoms with Crippen LogP contribution in [0.1, 0.15) is 62.5 Å². The number of hydrogen-bond donors (Lipinski definition) is 0. The fourth-order valence-electron chi connectivity index (χ4n) is 2.42. The van der Waals surface area contributed by atoms with E-state index in [2.05, 4.69) is 50.0 Å². The summed E-state index contributed by atoms with van der Waals surface area (Å²) in [6, 6.07) is 2.02. The van der Waals surface area contributed by atoms with Gasteiger partial charge in [-0.05, 0) is 24.2 Å². The molecule has 0 N–H and O–H groups in total. The van der Waals surface area contributed by atoms with Crippen LogP contribution in [0.25, 0.3) is 0 Å². The molecular formula is C17H27N3OS. The molecule has 0 aliphatic rings. The predicted octanol–water partition coefficient (Wildman–Crippen LogP) is 4.62. The lowest BCUT2D eigenvalue weighted by Crippen LogP contribution is -2.15.